The van der Waals surface area contributed by atoms with Gasteiger partial charge in [-0.2, -0.15) is 0 Å². The number of thioether (sulfide) groups is 1. The van der Waals surface area contributed by atoms with Crippen LogP contribution >= 0.6 is 23.4 Å². The molecule has 0 aliphatic heterocycles. The summed E-state index contributed by atoms with van der Waals surface area (Å²) >= 11 is 8.03. The number of rotatable bonds is 5. The third-order valence-corrected chi connectivity index (χ3v) is 4.29. The first kappa shape index (κ1) is 15.5. The van der Waals surface area contributed by atoms with Crippen LogP contribution in [0.2, 0.25) is 5.02 Å². The molecule has 4 heteroatoms. The second-order valence-corrected chi connectivity index (χ2v) is 7.16. The van der Waals surface area contributed by atoms with E-state index in [0.717, 1.165) is 28.0 Å². The van der Waals surface area contributed by atoms with Crippen molar-refractivity contribution in [2.75, 3.05) is 0 Å². The van der Waals surface area contributed by atoms with Crippen LogP contribution in [-0.4, -0.2) is 5.54 Å². The van der Waals surface area contributed by atoms with Crippen molar-refractivity contribution >= 4 is 23.4 Å². The first-order valence-electron chi connectivity index (χ1n) is 6.63. The third-order valence-electron chi connectivity index (χ3n) is 2.77. The van der Waals surface area contributed by atoms with Crippen molar-refractivity contribution < 1.29 is 4.42 Å². The standard InChI is InChI=1S/C16H20ClNOS/c1-16(2,3)18-10-12-6-7-15(14(17)9-12)20-11-13-5-4-8-19-13/h4-9,18H,10-11H2,1-3H3. The van der Waals surface area contributed by atoms with E-state index in [1.165, 1.54) is 5.56 Å². The van der Waals surface area contributed by atoms with Crippen LogP contribution in [0.3, 0.4) is 0 Å². The largest absolute Gasteiger partial charge is 0.468 e. The SMILES string of the molecule is CC(C)(C)NCc1ccc(SCc2ccco2)c(Cl)c1. The Morgan fingerprint density at radius 2 is 2.05 bits per heavy atom. The Morgan fingerprint density at radius 3 is 2.65 bits per heavy atom. The number of nitrogens with one attached hydrogen (secondary N) is 1. The van der Waals surface area contributed by atoms with Gasteiger partial charge in [0.05, 0.1) is 17.0 Å². The number of benzene rings is 1. The lowest BCUT2D eigenvalue weighted by atomic mass is 10.1. The van der Waals surface area contributed by atoms with Gasteiger partial charge >= 0.3 is 0 Å². The number of hydrogen-bond acceptors (Lipinski definition) is 3. The number of furan rings is 1. The zero-order chi connectivity index (χ0) is 14.6. The maximum Gasteiger partial charge on any atom is 0.113 e. The van der Waals surface area contributed by atoms with E-state index in [9.17, 15) is 0 Å². The van der Waals surface area contributed by atoms with E-state index in [1.54, 1.807) is 18.0 Å². The van der Waals surface area contributed by atoms with Gasteiger partial charge in [-0.05, 0) is 50.6 Å². The highest BCUT2D eigenvalue weighted by Crippen LogP contribution is 2.30. The molecule has 1 heterocycles. The molecule has 0 bridgehead atoms. The van der Waals surface area contributed by atoms with E-state index in [2.05, 4.69) is 38.2 Å². The molecule has 1 aromatic carbocycles. The number of halogens is 1. The topological polar surface area (TPSA) is 25.2 Å². The lowest BCUT2D eigenvalue weighted by molar-refractivity contribution is 0.424. The van der Waals surface area contributed by atoms with Gasteiger partial charge < -0.3 is 9.73 Å². The molecule has 0 radical (unpaired) electrons. The van der Waals surface area contributed by atoms with Crippen LogP contribution in [0, 0.1) is 0 Å². The molecule has 0 saturated heterocycles. The summed E-state index contributed by atoms with van der Waals surface area (Å²) in [5.74, 6) is 1.76. The molecule has 0 fully saturated rings. The molecule has 0 spiro atoms. The average molecular weight is 310 g/mol. The first-order chi connectivity index (χ1) is 9.44. The molecule has 2 rings (SSSR count). The van der Waals surface area contributed by atoms with Crippen LogP contribution < -0.4 is 5.32 Å². The molecule has 0 unspecified atom stereocenters. The minimum Gasteiger partial charge on any atom is -0.468 e. The van der Waals surface area contributed by atoms with Gasteiger partial charge in [-0.25, -0.2) is 0 Å². The average Bonchev–Trinajstić information content (AvgIpc) is 2.87. The molecule has 0 amide bonds. The highest BCUT2D eigenvalue weighted by Gasteiger charge is 2.09. The summed E-state index contributed by atoms with van der Waals surface area (Å²) in [5.41, 5.74) is 1.31. The molecule has 0 atom stereocenters. The Labute approximate surface area is 129 Å². The molecule has 2 aromatic rings. The summed E-state index contributed by atoms with van der Waals surface area (Å²) < 4.78 is 5.32. The fourth-order valence-electron chi connectivity index (χ4n) is 1.68. The molecular weight excluding hydrogens is 290 g/mol. The van der Waals surface area contributed by atoms with Gasteiger partial charge in [-0.3, -0.25) is 0 Å². The van der Waals surface area contributed by atoms with Gasteiger partial charge in [0.25, 0.3) is 0 Å². The minimum absolute atomic E-state index is 0.110. The summed E-state index contributed by atoms with van der Waals surface area (Å²) in [6.45, 7) is 7.29. The van der Waals surface area contributed by atoms with E-state index in [-0.39, 0.29) is 5.54 Å². The first-order valence-corrected chi connectivity index (χ1v) is 7.99. The van der Waals surface area contributed by atoms with Crippen LogP contribution in [0.1, 0.15) is 32.1 Å². The molecular formula is C16H20ClNOS. The lowest BCUT2D eigenvalue weighted by Gasteiger charge is -2.20. The molecule has 0 aliphatic carbocycles. The highest BCUT2D eigenvalue weighted by atomic mass is 35.5. The summed E-state index contributed by atoms with van der Waals surface area (Å²) in [5, 5.41) is 4.26. The smallest absolute Gasteiger partial charge is 0.113 e. The predicted molar refractivity (Wildman–Crippen MR) is 86.3 cm³/mol. The predicted octanol–water partition coefficient (Wildman–Crippen LogP) is 5.11. The van der Waals surface area contributed by atoms with Crippen molar-refractivity contribution in [2.45, 2.75) is 43.5 Å². The Kier molecular flexibility index (Phi) is 5.19. The van der Waals surface area contributed by atoms with Crippen LogP contribution in [-0.2, 0) is 12.3 Å². The fourth-order valence-corrected chi connectivity index (χ4v) is 2.87. The van der Waals surface area contributed by atoms with Crippen molar-refractivity contribution in [1.29, 1.82) is 0 Å². The second-order valence-electron chi connectivity index (χ2n) is 5.74. The summed E-state index contributed by atoms with van der Waals surface area (Å²) in [6.07, 6.45) is 1.69. The zero-order valence-electron chi connectivity index (χ0n) is 12.1. The monoisotopic (exact) mass is 309 g/mol. The van der Waals surface area contributed by atoms with Crippen molar-refractivity contribution in [3.8, 4) is 0 Å². The lowest BCUT2D eigenvalue weighted by Crippen LogP contribution is -2.35. The van der Waals surface area contributed by atoms with Gasteiger partial charge in [0.15, 0.2) is 0 Å². The summed E-state index contributed by atoms with van der Waals surface area (Å²) in [7, 11) is 0. The van der Waals surface area contributed by atoms with Crippen molar-refractivity contribution in [2.24, 2.45) is 0 Å². The Hall–Kier alpha value is -0.900. The molecule has 20 heavy (non-hydrogen) atoms. The number of hydrogen-bond donors (Lipinski definition) is 1. The normalized spacial score (nSPS) is 11.8. The van der Waals surface area contributed by atoms with E-state index >= 15 is 0 Å². The van der Waals surface area contributed by atoms with Gasteiger partial charge in [-0.15, -0.1) is 11.8 Å². The van der Waals surface area contributed by atoms with Gasteiger partial charge in [-0.1, -0.05) is 17.7 Å². The van der Waals surface area contributed by atoms with Crippen molar-refractivity contribution in [3.63, 3.8) is 0 Å². The Morgan fingerprint density at radius 1 is 1.25 bits per heavy atom. The van der Waals surface area contributed by atoms with Crippen LogP contribution in [0.4, 0.5) is 0 Å². The molecule has 2 nitrogen and oxygen atoms in total. The van der Waals surface area contributed by atoms with Crippen LogP contribution in [0.15, 0.2) is 45.9 Å². The summed E-state index contributed by atoms with van der Waals surface area (Å²) in [4.78, 5) is 1.09. The molecule has 1 aromatic heterocycles. The Balaban J connectivity index is 1.95. The van der Waals surface area contributed by atoms with E-state index in [4.69, 9.17) is 16.0 Å². The maximum absolute atomic E-state index is 6.34. The van der Waals surface area contributed by atoms with Crippen molar-refractivity contribution in [3.05, 3.63) is 52.9 Å². The summed E-state index contributed by atoms with van der Waals surface area (Å²) in [6, 6.07) is 10.1. The van der Waals surface area contributed by atoms with Crippen LogP contribution in [0.25, 0.3) is 0 Å². The van der Waals surface area contributed by atoms with E-state index < -0.39 is 0 Å². The highest BCUT2D eigenvalue weighted by molar-refractivity contribution is 7.98. The van der Waals surface area contributed by atoms with Gasteiger partial charge in [0.2, 0.25) is 0 Å². The van der Waals surface area contributed by atoms with Crippen molar-refractivity contribution in [1.82, 2.24) is 5.32 Å². The minimum atomic E-state index is 0.110. The van der Waals surface area contributed by atoms with Gasteiger partial charge in [0, 0.05) is 17.0 Å². The Bertz CT molecular complexity index is 546. The van der Waals surface area contributed by atoms with Crippen LogP contribution in [0.5, 0.6) is 0 Å². The molecule has 0 saturated carbocycles. The fraction of sp³-hybridized carbons (Fsp3) is 0.375. The van der Waals surface area contributed by atoms with E-state index in [0.29, 0.717) is 0 Å². The molecule has 0 aliphatic rings. The van der Waals surface area contributed by atoms with Gasteiger partial charge in [0.1, 0.15) is 5.76 Å². The molecule has 1 N–H and O–H groups in total. The third kappa shape index (κ3) is 4.89. The maximum atomic E-state index is 6.34. The second kappa shape index (κ2) is 6.70. The van der Waals surface area contributed by atoms with E-state index in [1.807, 2.05) is 18.2 Å². The zero-order valence-corrected chi connectivity index (χ0v) is 13.6. The molecule has 108 valence electrons. The quantitative estimate of drug-likeness (QED) is 0.777.